The molecule has 2 aromatic carbocycles. The summed E-state index contributed by atoms with van der Waals surface area (Å²) in [6.45, 7) is 6.57. The van der Waals surface area contributed by atoms with Crippen LogP contribution in [0.4, 0.5) is 11.4 Å². The van der Waals surface area contributed by atoms with E-state index >= 15 is 0 Å². The van der Waals surface area contributed by atoms with Gasteiger partial charge in [-0.1, -0.05) is 24.3 Å². The first-order valence-corrected chi connectivity index (χ1v) is 9.02. The van der Waals surface area contributed by atoms with E-state index in [1.54, 1.807) is 0 Å². The molecule has 2 N–H and O–H groups in total. The van der Waals surface area contributed by atoms with Crippen molar-refractivity contribution in [2.45, 2.75) is 32.7 Å². The molecular formula is C20H25N3S. The number of rotatable bonds is 4. The summed E-state index contributed by atoms with van der Waals surface area (Å²) in [5.41, 5.74) is 4.80. The predicted molar refractivity (Wildman–Crippen MR) is 107 cm³/mol. The Morgan fingerprint density at radius 1 is 1.08 bits per heavy atom. The van der Waals surface area contributed by atoms with Gasteiger partial charge >= 0.3 is 0 Å². The van der Waals surface area contributed by atoms with Gasteiger partial charge < -0.3 is 15.5 Å². The first-order chi connectivity index (χ1) is 11.6. The molecule has 1 aliphatic heterocycles. The molecule has 1 heterocycles. The number of hydrogen-bond acceptors (Lipinski definition) is 2. The number of nitrogens with one attached hydrogen (secondary N) is 2. The molecule has 0 aliphatic carbocycles. The lowest BCUT2D eigenvalue weighted by Gasteiger charge is -2.20. The van der Waals surface area contributed by atoms with Crippen molar-refractivity contribution in [1.82, 2.24) is 5.32 Å². The molecule has 1 fully saturated rings. The van der Waals surface area contributed by atoms with Gasteiger partial charge in [0.15, 0.2) is 5.11 Å². The van der Waals surface area contributed by atoms with Gasteiger partial charge in [-0.15, -0.1) is 0 Å². The third kappa shape index (κ3) is 4.26. The van der Waals surface area contributed by atoms with E-state index in [4.69, 9.17) is 12.2 Å². The van der Waals surface area contributed by atoms with Crippen molar-refractivity contribution < 1.29 is 0 Å². The zero-order chi connectivity index (χ0) is 16.9. The predicted octanol–water partition coefficient (Wildman–Crippen LogP) is 4.64. The fourth-order valence-corrected chi connectivity index (χ4v) is 3.41. The van der Waals surface area contributed by atoms with Crippen molar-refractivity contribution in [2.75, 3.05) is 23.3 Å². The maximum absolute atomic E-state index is 5.44. The van der Waals surface area contributed by atoms with Gasteiger partial charge in [-0.3, -0.25) is 0 Å². The highest BCUT2D eigenvalue weighted by Gasteiger charge is 2.13. The monoisotopic (exact) mass is 339 g/mol. The molecule has 0 bridgehead atoms. The summed E-state index contributed by atoms with van der Waals surface area (Å²) in [6.07, 6.45) is 2.61. The zero-order valence-corrected chi connectivity index (χ0v) is 15.2. The minimum absolute atomic E-state index is 0.169. The first-order valence-electron chi connectivity index (χ1n) is 8.61. The average molecular weight is 340 g/mol. The van der Waals surface area contributed by atoms with E-state index in [1.165, 1.54) is 42.7 Å². The van der Waals surface area contributed by atoms with Crippen LogP contribution in [-0.4, -0.2) is 18.2 Å². The normalized spacial score (nSPS) is 15.2. The zero-order valence-electron chi connectivity index (χ0n) is 14.4. The van der Waals surface area contributed by atoms with Crippen LogP contribution in [0.25, 0.3) is 0 Å². The summed E-state index contributed by atoms with van der Waals surface area (Å²) in [5, 5.41) is 7.26. The fourth-order valence-electron chi connectivity index (χ4n) is 3.12. The number of aryl methyl sites for hydroxylation is 1. The van der Waals surface area contributed by atoms with Crippen molar-refractivity contribution in [3.05, 3.63) is 59.7 Å². The number of hydrogen-bond donors (Lipinski definition) is 2. The summed E-state index contributed by atoms with van der Waals surface area (Å²) >= 11 is 5.44. The molecule has 1 aliphatic rings. The van der Waals surface area contributed by atoms with Crippen molar-refractivity contribution in [3.8, 4) is 0 Å². The largest absolute Gasteiger partial charge is 0.372 e. The smallest absolute Gasteiger partial charge is 0.171 e. The van der Waals surface area contributed by atoms with E-state index in [1.807, 2.05) is 12.1 Å². The Labute approximate surface area is 150 Å². The van der Waals surface area contributed by atoms with Gasteiger partial charge in [0.2, 0.25) is 0 Å². The molecular weight excluding hydrogens is 314 g/mol. The van der Waals surface area contributed by atoms with Crippen LogP contribution in [0.2, 0.25) is 0 Å². The quantitative estimate of drug-likeness (QED) is 0.793. The highest BCUT2D eigenvalue weighted by molar-refractivity contribution is 7.80. The molecule has 0 radical (unpaired) electrons. The second kappa shape index (κ2) is 7.67. The lowest BCUT2D eigenvalue weighted by molar-refractivity contribution is 0.722. The van der Waals surface area contributed by atoms with Crippen molar-refractivity contribution in [2.24, 2.45) is 0 Å². The number of benzene rings is 2. The maximum Gasteiger partial charge on any atom is 0.171 e. The Morgan fingerprint density at radius 3 is 2.46 bits per heavy atom. The summed E-state index contributed by atoms with van der Waals surface area (Å²) in [7, 11) is 0. The molecule has 1 atom stereocenters. The van der Waals surface area contributed by atoms with Crippen LogP contribution in [0.15, 0.2) is 48.5 Å². The Morgan fingerprint density at radius 2 is 1.79 bits per heavy atom. The molecule has 0 amide bonds. The topological polar surface area (TPSA) is 27.3 Å². The summed E-state index contributed by atoms with van der Waals surface area (Å²) in [6, 6.07) is 17.2. The highest BCUT2D eigenvalue weighted by atomic mass is 32.1. The van der Waals surface area contributed by atoms with Gasteiger partial charge in [-0.05, 0) is 74.3 Å². The Balaban J connectivity index is 1.57. The van der Waals surface area contributed by atoms with Crippen LogP contribution >= 0.6 is 12.2 Å². The van der Waals surface area contributed by atoms with E-state index < -0.39 is 0 Å². The molecule has 3 rings (SSSR count). The van der Waals surface area contributed by atoms with Crippen molar-refractivity contribution >= 4 is 28.7 Å². The standard InChI is InChI=1S/C20H25N3S/c1-15-6-5-7-18(14-15)22-20(24)21-16(2)17-8-10-19(11-9-17)23-12-3-4-13-23/h5-11,14,16H,3-4,12-13H2,1-2H3,(H2,21,22,24)/t16-/m1/s1. The number of thiocarbonyl (C=S) groups is 1. The van der Waals surface area contributed by atoms with Crippen LogP contribution in [0, 0.1) is 6.92 Å². The van der Waals surface area contributed by atoms with E-state index in [-0.39, 0.29) is 6.04 Å². The number of anilines is 2. The van der Waals surface area contributed by atoms with Crippen molar-refractivity contribution in [3.63, 3.8) is 0 Å². The van der Waals surface area contributed by atoms with E-state index in [2.05, 4.69) is 65.8 Å². The fraction of sp³-hybridized carbons (Fsp3) is 0.350. The molecule has 1 saturated heterocycles. The second-order valence-corrected chi connectivity index (χ2v) is 6.88. The highest BCUT2D eigenvalue weighted by Crippen LogP contribution is 2.22. The Kier molecular flexibility index (Phi) is 5.36. The van der Waals surface area contributed by atoms with E-state index in [0.29, 0.717) is 5.11 Å². The third-order valence-electron chi connectivity index (χ3n) is 4.49. The minimum Gasteiger partial charge on any atom is -0.372 e. The molecule has 0 spiro atoms. The average Bonchev–Trinajstić information content (AvgIpc) is 3.09. The lowest BCUT2D eigenvalue weighted by atomic mass is 10.1. The molecule has 3 nitrogen and oxygen atoms in total. The molecule has 4 heteroatoms. The molecule has 0 aromatic heterocycles. The van der Waals surface area contributed by atoms with Gasteiger partial charge in [0, 0.05) is 24.5 Å². The van der Waals surface area contributed by atoms with Crippen LogP contribution < -0.4 is 15.5 Å². The lowest BCUT2D eigenvalue weighted by Crippen LogP contribution is -2.30. The molecule has 0 saturated carbocycles. The molecule has 2 aromatic rings. The van der Waals surface area contributed by atoms with Gasteiger partial charge in [-0.2, -0.15) is 0 Å². The summed E-state index contributed by atoms with van der Waals surface area (Å²) < 4.78 is 0. The van der Waals surface area contributed by atoms with Gasteiger partial charge in [-0.25, -0.2) is 0 Å². The first kappa shape index (κ1) is 16.8. The number of nitrogens with zero attached hydrogens (tertiary/aromatic N) is 1. The van der Waals surface area contributed by atoms with Crippen LogP contribution in [-0.2, 0) is 0 Å². The van der Waals surface area contributed by atoms with Gasteiger partial charge in [0.25, 0.3) is 0 Å². The molecule has 24 heavy (non-hydrogen) atoms. The van der Waals surface area contributed by atoms with Gasteiger partial charge in [0.1, 0.15) is 0 Å². The maximum atomic E-state index is 5.44. The Bertz CT molecular complexity index is 690. The third-order valence-corrected chi connectivity index (χ3v) is 4.71. The van der Waals surface area contributed by atoms with Crippen LogP contribution in [0.3, 0.4) is 0 Å². The van der Waals surface area contributed by atoms with Gasteiger partial charge in [0.05, 0.1) is 6.04 Å². The summed E-state index contributed by atoms with van der Waals surface area (Å²) in [4.78, 5) is 2.45. The molecule has 0 unspecified atom stereocenters. The molecule has 126 valence electrons. The van der Waals surface area contributed by atoms with Crippen LogP contribution in [0.5, 0.6) is 0 Å². The second-order valence-electron chi connectivity index (χ2n) is 6.48. The van der Waals surface area contributed by atoms with E-state index in [9.17, 15) is 0 Å². The van der Waals surface area contributed by atoms with Crippen LogP contribution in [0.1, 0.15) is 36.9 Å². The van der Waals surface area contributed by atoms with E-state index in [0.717, 1.165) is 5.69 Å². The summed E-state index contributed by atoms with van der Waals surface area (Å²) in [5.74, 6) is 0. The minimum atomic E-state index is 0.169. The SMILES string of the molecule is Cc1cccc(NC(=S)N[C@H](C)c2ccc(N3CCCC3)cc2)c1. The van der Waals surface area contributed by atoms with Crippen molar-refractivity contribution in [1.29, 1.82) is 0 Å². The Hall–Kier alpha value is -2.07.